The zero-order valence-electron chi connectivity index (χ0n) is 6.41. The Morgan fingerprint density at radius 1 is 1.27 bits per heavy atom. The molecular weight excluding hydrogens is 181 g/mol. The van der Waals surface area contributed by atoms with Gasteiger partial charge in [-0.15, -0.1) is 0 Å². The molecule has 0 aliphatic carbocycles. The normalized spacial score (nSPS) is 9.82. The lowest BCUT2D eigenvalue weighted by Gasteiger charge is -2.06. The summed E-state index contributed by atoms with van der Waals surface area (Å²) in [6.07, 6.45) is 0. The van der Waals surface area contributed by atoms with Crippen LogP contribution in [0.15, 0.2) is 12.1 Å². The van der Waals surface area contributed by atoms with E-state index in [1.807, 2.05) is 26.1 Å². The van der Waals surface area contributed by atoms with Gasteiger partial charge in [0.05, 0.1) is 10.7 Å². The summed E-state index contributed by atoms with van der Waals surface area (Å²) >= 11 is 11.8. The molecule has 1 nitrogen and oxygen atoms in total. The van der Waals surface area contributed by atoms with E-state index in [9.17, 15) is 0 Å². The van der Waals surface area contributed by atoms with E-state index in [4.69, 9.17) is 23.2 Å². The molecule has 0 heterocycles. The molecule has 1 aromatic rings. The van der Waals surface area contributed by atoms with Gasteiger partial charge in [0.25, 0.3) is 0 Å². The summed E-state index contributed by atoms with van der Waals surface area (Å²) < 4.78 is 0. The Hall–Kier alpha value is -0.400. The van der Waals surface area contributed by atoms with Gasteiger partial charge in [-0.25, -0.2) is 0 Å². The highest BCUT2D eigenvalue weighted by Gasteiger charge is 2.03. The van der Waals surface area contributed by atoms with Crippen molar-refractivity contribution < 1.29 is 0 Å². The fourth-order valence-electron chi connectivity index (χ4n) is 0.855. The van der Waals surface area contributed by atoms with E-state index in [1.54, 1.807) is 0 Å². The van der Waals surface area contributed by atoms with Gasteiger partial charge in [0.1, 0.15) is 0 Å². The Balaban J connectivity index is 3.25. The van der Waals surface area contributed by atoms with E-state index >= 15 is 0 Å². The van der Waals surface area contributed by atoms with Crippen LogP contribution in [0.5, 0.6) is 0 Å². The van der Waals surface area contributed by atoms with Crippen LogP contribution in [0.1, 0.15) is 5.56 Å². The highest BCUT2D eigenvalue weighted by Crippen LogP contribution is 2.30. The largest absolute Gasteiger partial charge is 0.387 e. The van der Waals surface area contributed by atoms with Crippen molar-refractivity contribution in [2.45, 2.75) is 6.92 Å². The van der Waals surface area contributed by atoms with Crippen LogP contribution < -0.4 is 5.32 Å². The lowest BCUT2D eigenvalue weighted by Crippen LogP contribution is -1.90. The maximum atomic E-state index is 5.95. The zero-order valence-corrected chi connectivity index (χ0v) is 7.92. The van der Waals surface area contributed by atoms with Gasteiger partial charge in [0, 0.05) is 12.1 Å². The van der Waals surface area contributed by atoms with Crippen LogP contribution in [0, 0.1) is 6.92 Å². The minimum Gasteiger partial charge on any atom is -0.387 e. The summed E-state index contributed by atoms with van der Waals surface area (Å²) in [6.45, 7) is 1.89. The zero-order chi connectivity index (χ0) is 8.43. The molecule has 1 aromatic carbocycles. The van der Waals surface area contributed by atoms with Crippen LogP contribution in [0.4, 0.5) is 5.69 Å². The van der Waals surface area contributed by atoms with Crippen molar-refractivity contribution in [3.63, 3.8) is 0 Å². The molecule has 0 aliphatic rings. The van der Waals surface area contributed by atoms with E-state index in [2.05, 4.69) is 5.32 Å². The van der Waals surface area contributed by atoms with Gasteiger partial charge in [0.15, 0.2) is 0 Å². The van der Waals surface area contributed by atoms with Crippen molar-refractivity contribution in [3.8, 4) is 0 Å². The molecule has 0 bridgehead atoms. The maximum absolute atomic E-state index is 5.95. The van der Waals surface area contributed by atoms with Crippen LogP contribution in [0.2, 0.25) is 10.0 Å². The number of benzene rings is 1. The third kappa shape index (κ3) is 1.60. The minimum absolute atomic E-state index is 0.694. The molecule has 1 rings (SSSR count). The van der Waals surface area contributed by atoms with E-state index in [-0.39, 0.29) is 0 Å². The molecule has 0 radical (unpaired) electrons. The fraction of sp³-hybridized carbons (Fsp3) is 0.250. The van der Waals surface area contributed by atoms with Gasteiger partial charge in [-0.2, -0.15) is 0 Å². The standard InChI is InChI=1S/C8H9Cl2N/c1-5-6(9)3-4-7(11-2)8(5)10/h3-4,11H,1-2H3. The predicted octanol–water partition coefficient (Wildman–Crippen LogP) is 3.34. The molecule has 0 saturated carbocycles. The molecule has 3 heteroatoms. The van der Waals surface area contributed by atoms with Crippen LogP contribution in [-0.4, -0.2) is 7.05 Å². The van der Waals surface area contributed by atoms with Crippen molar-refractivity contribution >= 4 is 28.9 Å². The van der Waals surface area contributed by atoms with Crippen molar-refractivity contribution in [2.75, 3.05) is 12.4 Å². The lowest BCUT2D eigenvalue weighted by atomic mass is 10.2. The second-order valence-electron chi connectivity index (χ2n) is 2.28. The first-order chi connectivity index (χ1) is 5.16. The first-order valence-corrected chi connectivity index (χ1v) is 4.04. The lowest BCUT2D eigenvalue weighted by molar-refractivity contribution is 1.43. The Morgan fingerprint density at radius 2 is 1.91 bits per heavy atom. The monoisotopic (exact) mass is 189 g/mol. The van der Waals surface area contributed by atoms with Crippen LogP contribution in [0.3, 0.4) is 0 Å². The molecule has 60 valence electrons. The Bertz CT molecular complexity index is 271. The summed E-state index contributed by atoms with van der Waals surface area (Å²) in [5.41, 5.74) is 1.83. The number of hydrogen-bond acceptors (Lipinski definition) is 1. The first-order valence-electron chi connectivity index (χ1n) is 3.29. The van der Waals surface area contributed by atoms with Gasteiger partial charge in [-0.3, -0.25) is 0 Å². The summed E-state index contributed by atoms with van der Waals surface area (Å²) in [6, 6.07) is 3.69. The molecule has 0 spiro atoms. The molecule has 11 heavy (non-hydrogen) atoms. The summed E-state index contributed by atoms with van der Waals surface area (Å²) in [4.78, 5) is 0. The Labute approximate surface area is 76.3 Å². The molecule has 1 N–H and O–H groups in total. The minimum atomic E-state index is 0.694. The van der Waals surface area contributed by atoms with Crippen LogP contribution >= 0.6 is 23.2 Å². The van der Waals surface area contributed by atoms with Gasteiger partial charge in [-0.1, -0.05) is 23.2 Å². The third-order valence-electron chi connectivity index (χ3n) is 1.59. The van der Waals surface area contributed by atoms with Gasteiger partial charge >= 0.3 is 0 Å². The fourth-order valence-corrected chi connectivity index (χ4v) is 1.32. The van der Waals surface area contributed by atoms with Crippen LogP contribution in [0.25, 0.3) is 0 Å². The summed E-state index contributed by atoms with van der Waals surface area (Å²) in [5.74, 6) is 0. The highest BCUT2D eigenvalue weighted by molar-refractivity contribution is 6.37. The smallest absolute Gasteiger partial charge is 0.0681 e. The second-order valence-corrected chi connectivity index (χ2v) is 3.07. The average molecular weight is 190 g/mol. The summed E-state index contributed by atoms with van der Waals surface area (Å²) in [5, 5.41) is 4.37. The molecule has 0 fully saturated rings. The van der Waals surface area contributed by atoms with Gasteiger partial charge in [-0.05, 0) is 24.6 Å². The van der Waals surface area contributed by atoms with Gasteiger partial charge in [0.2, 0.25) is 0 Å². The van der Waals surface area contributed by atoms with E-state index in [1.165, 1.54) is 0 Å². The molecule has 0 aliphatic heterocycles. The van der Waals surface area contributed by atoms with E-state index in [0.717, 1.165) is 11.3 Å². The number of hydrogen-bond donors (Lipinski definition) is 1. The summed E-state index contributed by atoms with van der Waals surface area (Å²) in [7, 11) is 1.83. The number of rotatable bonds is 1. The van der Waals surface area contributed by atoms with Crippen molar-refractivity contribution in [3.05, 3.63) is 27.7 Å². The van der Waals surface area contributed by atoms with Crippen molar-refractivity contribution in [1.29, 1.82) is 0 Å². The van der Waals surface area contributed by atoms with Crippen molar-refractivity contribution in [1.82, 2.24) is 0 Å². The van der Waals surface area contributed by atoms with Crippen molar-refractivity contribution in [2.24, 2.45) is 0 Å². The Morgan fingerprint density at radius 3 is 2.45 bits per heavy atom. The van der Waals surface area contributed by atoms with Gasteiger partial charge < -0.3 is 5.32 Å². The quantitative estimate of drug-likeness (QED) is 0.715. The first kappa shape index (κ1) is 8.69. The number of anilines is 1. The topological polar surface area (TPSA) is 12.0 Å². The SMILES string of the molecule is CNc1ccc(Cl)c(C)c1Cl. The maximum Gasteiger partial charge on any atom is 0.0681 e. The second kappa shape index (κ2) is 3.33. The molecule has 0 amide bonds. The molecular formula is C8H9Cl2N. The van der Waals surface area contributed by atoms with E-state index < -0.39 is 0 Å². The average Bonchev–Trinajstić information content (AvgIpc) is 2.01. The third-order valence-corrected chi connectivity index (χ3v) is 2.49. The number of nitrogens with one attached hydrogen (secondary N) is 1. The van der Waals surface area contributed by atoms with Crippen LogP contribution in [-0.2, 0) is 0 Å². The Kier molecular flexibility index (Phi) is 2.63. The predicted molar refractivity (Wildman–Crippen MR) is 50.7 cm³/mol. The molecule has 0 atom stereocenters. The molecule has 0 unspecified atom stereocenters. The number of halogens is 2. The highest BCUT2D eigenvalue weighted by atomic mass is 35.5. The molecule has 0 aromatic heterocycles. The van der Waals surface area contributed by atoms with E-state index in [0.29, 0.717) is 10.0 Å². The molecule has 0 saturated heterocycles.